The van der Waals surface area contributed by atoms with Gasteiger partial charge in [-0.3, -0.25) is 0 Å². The van der Waals surface area contributed by atoms with Crippen molar-refractivity contribution in [2.75, 3.05) is 0 Å². The second-order valence-corrected chi connectivity index (χ2v) is 1.77. The highest BCUT2D eigenvalue weighted by Gasteiger charge is 2.06. The van der Waals surface area contributed by atoms with Gasteiger partial charge in [-0.15, -0.1) is 0 Å². The highest BCUT2D eigenvalue weighted by atomic mass is 16.5. The average molecular weight is 100 g/mol. The second-order valence-electron chi connectivity index (χ2n) is 1.77. The quantitative estimate of drug-likeness (QED) is 0.484. The van der Waals surface area contributed by atoms with Crippen LogP contribution >= 0.6 is 0 Å². The molecule has 0 aromatic carbocycles. The minimum Gasteiger partial charge on any atom is -0.358 e. The summed E-state index contributed by atoms with van der Waals surface area (Å²) >= 11 is 0. The molecule has 1 fully saturated rings. The third kappa shape index (κ3) is 1.45. The summed E-state index contributed by atoms with van der Waals surface area (Å²) in [4.78, 5) is 0. The highest BCUT2D eigenvalue weighted by molar-refractivity contribution is 4.62. The van der Waals surface area contributed by atoms with E-state index in [9.17, 15) is 0 Å². The lowest BCUT2D eigenvalue weighted by Gasteiger charge is -2.16. The van der Waals surface area contributed by atoms with E-state index in [2.05, 4.69) is 0 Å². The van der Waals surface area contributed by atoms with Crippen molar-refractivity contribution < 1.29 is 4.74 Å². The van der Waals surface area contributed by atoms with E-state index in [0.29, 0.717) is 0 Å². The molecule has 1 heterocycles. The van der Waals surface area contributed by atoms with E-state index >= 15 is 0 Å². The van der Waals surface area contributed by atoms with Crippen molar-refractivity contribution in [1.29, 1.82) is 0 Å². The van der Waals surface area contributed by atoms with Crippen LogP contribution in [0.25, 0.3) is 0 Å². The summed E-state index contributed by atoms with van der Waals surface area (Å²) in [7, 11) is 0. The monoisotopic (exact) mass is 100 g/mol. The standard InChI is InChI=1S/C5H10NO/c6-5-3-1-2-4-7-5/h4-5H,1-3,6H2. The Hall–Kier alpha value is -0.0800. The van der Waals surface area contributed by atoms with Gasteiger partial charge in [0.25, 0.3) is 0 Å². The smallest absolute Gasteiger partial charge is 0.106 e. The molecule has 0 aliphatic carbocycles. The molecule has 1 unspecified atom stereocenters. The lowest BCUT2D eigenvalue weighted by molar-refractivity contribution is 0.0696. The molecule has 7 heavy (non-hydrogen) atoms. The molecule has 1 rings (SSSR count). The number of hydrogen-bond donors (Lipinski definition) is 1. The fourth-order valence-corrected chi connectivity index (χ4v) is 0.662. The van der Waals surface area contributed by atoms with Gasteiger partial charge in [-0.2, -0.15) is 0 Å². The first-order valence-corrected chi connectivity index (χ1v) is 2.62. The van der Waals surface area contributed by atoms with Crippen LogP contribution in [0.1, 0.15) is 19.3 Å². The topological polar surface area (TPSA) is 35.2 Å². The third-order valence-electron chi connectivity index (χ3n) is 1.08. The summed E-state index contributed by atoms with van der Waals surface area (Å²) in [6.45, 7) is 1.79. The summed E-state index contributed by atoms with van der Waals surface area (Å²) < 4.78 is 4.93. The summed E-state index contributed by atoms with van der Waals surface area (Å²) in [5.41, 5.74) is 5.38. The molecule has 1 saturated heterocycles. The lowest BCUT2D eigenvalue weighted by Crippen LogP contribution is -2.25. The highest BCUT2D eigenvalue weighted by Crippen LogP contribution is 2.10. The Labute approximate surface area is 43.6 Å². The maximum Gasteiger partial charge on any atom is 0.106 e. The molecule has 41 valence electrons. The number of hydrogen-bond acceptors (Lipinski definition) is 2. The molecule has 0 spiro atoms. The molecule has 1 atom stereocenters. The predicted octanol–water partition coefficient (Wildman–Crippen LogP) is 0.633. The van der Waals surface area contributed by atoms with Gasteiger partial charge in [0.05, 0.1) is 6.61 Å². The van der Waals surface area contributed by atoms with Gasteiger partial charge in [-0.25, -0.2) is 0 Å². The Kier molecular flexibility index (Phi) is 1.65. The Morgan fingerprint density at radius 2 is 2.57 bits per heavy atom. The largest absolute Gasteiger partial charge is 0.358 e. The van der Waals surface area contributed by atoms with Crippen LogP contribution in [-0.2, 0) is 4.74 Å². The molecule has 1 radical (unpaired) electrons. The zero-order valence-corrected chi connectivity index (χ0v) is 4.26. The van der Waals surface area contributed by atoms with Crippen LogP contribution in [-0.4, -0.2) is 6.23 Å². The van der Waals surface area contributed by atoms with E-state index in [4.69, 9.17) is 10.5 Å². The zero-order valence-electron chi connectivity index (χ0n) is 4.26. The Bertz CT molecular complexity index is 50.0. The van der Waals surface area contributed by atoms with E-state index in [1.165, 1.54) is 6.42 Å². The van der Waals surface area contributed by atoms with Gasteiger partial charge in [0, 0.05) is 0 Å². The maximum atomic E-state index is 5.38. The van der Waals surface area contributed by atoms with Gasteiger partial charge in [0.2, 0.25) is 0 Å². The molecule has 0 aromatic heterocycles. The number of nitrogens with two attached hydrogens (primary N) is 1. The second kappa shape index (κ2) is 2.28. The van der Waals surface area contributed by atoms with Crippen molar-refractivity contribution in [3.63, 3.8) is 0 Å². The molecule has 2 heteroatoms. The van der Waals surface area contributed by atoms with Crippen LogP contribution in [0.3, 0.4) is 0 Å². The number of rotatable bonds is 0. The zero-order chi connectivity index (χ0) is 5.11. The van der Waals surface area contributed by atoms with E-state index < -0.39 is 0 Å². The van der Waals surface area contributed by atoms with Crippen molar-refractivity contribution in [2.24, 2.45) is 5.73 Å². The Balaban J connectivity index is 2.12. The van der Waals surface area contributed by atoms with Crippen LogP contribution in [0.4, 0.5) is 0 Å². The SMILES string of the molecule is NC1CCC[CH]O1. The predicted molar refractivity (Wildman–Crippen MR) is 27.2 cm³/mol. The lowest BCUT2D eigenvalue weighted by atomic mass is 10.2. The molecule has 2 nitrogen and oxygen atoms in total. The molecule has 1 aliphatic heterocycles. The first kappa shape index (κ1) is 5.06. The Morgan fingerprint density at radius 1 is 1.71 bits per heavy atom. The third-order valence-corrected chi connectivity index (χ3v) is 1.08. The molecule has 2 N–H and O–H groups in total. The Morgan fingerprint density at radius 3 is 2.86 bits per heavy atom. The van der Waals surface area contributed by atoms with Crippen molar-refractivity contribution in [3.05, 3.63) is 6.61 Å². The molecule has 1 aliphatic rings. The van der Waals surface area contributed by atoms with Crippen molar-refractivity contribution in [2.45, 2.75) is 25.5 Å². The molecular weight excluding hydrogens is 90.1 g/mol. The summed E-state index contributed by atoms with van der Waals surface area (Å²) in [6, 6.07) is 0. The van der Waals surface area contributed by atoms with Crippen LogP contribution in [0.5, 0.6) is 0 Å². The minimum absolute atomic E-state index is 0.0197. The van der Waals surface area contributed by atoms with Crippen LogP contribution in [0.15, 0.2) is 0 Å². The van der Waals surface area contributed by atoms with E-state index in [1.54, 1.807) is 6.61 Å². The fraction of sp³-hybridized carbons (Fsp3) is 0.800. The minimum atomic E-state index is -0.0197. The molecule has 0 saturated carbocycles. The maximum absolute atomic E-state index is 5.38. The summed E-state index contributed by atoms with van der Waals surface area (Å²) in [5.74, 6) is 0. The van der Waals surface area contributed by atoms with Gasteiger partial charge in [0.15, 0.2) is 0 Å². The number of ether oxygens (including phenoxy) is 1. The van der Waals surface area contributed by atoms with E-state index in [0.717, 1.165) is 12.8 Å². The van der Waals surface area contributed by atoms with E-state index in [1.807, 2.05) is 0 Å². The van der Waals surface area contributed by atoms with Gasteiger partial charge >= 0.3 is 0 Å². The van der Waals surface area contributed by atoms with Gasteiger partial charge in [-0.05, 0) is 19.3 Å². The molecule has 0 bridgehead atoms. The van der Waals surface area contributed by atoms with Gasteiger partial charge < -0.3 is 10.5 Å². The average Bonchev–Trinajstić information content (AvgIpc) is 1.69. The first-order chi connectivity index (χ1) is 3.39. The normalized spacial score (nSPS) is 33.0. The molecular formula is C5H10NO. The van der Waals surface area contributed by atoms with Gasteiger partial charge in [-0.1, -0.05) is 0 Å². The summed E-state index contributed by atoms with van der Waals surface area (Å²) in [5, 5.41) is 0. The molecule has 0 amide bonds. The summed E-state index contributed by atoms with van der Waals surface area (Å²) in [6.07, 6.45) is 3.24. The van der Waals surface area contributed by atoms with E-state index in [-0.39, 0.29) is 6.23 Å². The fourth-order valence-electron chi connectivity index (χ4n) is 0.662. The first-order valence-electron chi connectivity index (χ1n) is 2.62. The van der Waals surface area contributed by atoms with Crippen LogP contribution < -0.4 is 5.73 Å². The van der Waals surface area contributed by atoms with Crippen LogP contribution in [0, 0.1) is 6.61 Å². The van der Waals surface area contributed by atoms with Crippen molar-refractivity contribution in [1.82, 2.24) is 0 Å². The van der Waals surface area contributed by atoms with Gasteiger partial charge in [0.1, 0.15) is 6.23 Å². The van der Waals surface area contributed by atoms with Crippen molar-refractivity contribution in [3.8, 4) is 0 Å². The van der Waals surface area contributed by atoms with Crippen molar-refractivity contribution >= 4 is 0 Å². The molecule has 0 aromatic rings. The van der Waals surface area contributed by atoms with Crippen LogP contribution in [0.2, 0.25) is 0 Å².